The molecule has 1 atom stereocenters. The summed E-state index contributed by atoms with van der Waals surface area (Å²) in [5, 5.41) is 8.33. The second-order valence-electron chi connectivity index (χ2n) is 4.81. The van der Waals surface area contributed by atoms with E-state index in [4.69, 9.17) is 0 Å². The van der Waals surface area contributed by atoms with Crippen LogP contribution in [0.4, 0.5) is 9.18 Å². The van der Waals surface area contributed by atoms with Crippen LogP contribution in [0.3, 0.4) is 0 Å². The molecule has 0 aromatic heterocycles. The minimum absolute atomic E-state index is 0.314. The average molecular weight is 264 g/mol. The van der Waals surface area contributed by atoms with Gasteiger partial charge in [0.25, 0.3) is 0 Å². The summed E-state index contributed by atoms with van der Waals surface area (Å²) in [6, 6.07) is 5.58. The molecule has 3 N–H and O–H groups in total. The minimum atomic E-state index is -0.496. The summed E-state index contributed by atoms with van der Waals surface area (Å²) in [5.41, 5.74) is 0.736. The fraction of sp³-hybridized carbons (Fsp3) is 0.385. The lowest BCUT2D eigenvalue weighted by molar-refractivity contribution is 0.239. The van der Waals surface area contributed by atoms with Gasteiger partial charge in [-0.2, -0.15) is 0 Å². The van der Waals surface area contributed by atoms with Gasteiger partial charge >= 0.3 is 6.03 Å². The summed E-state index contributed by atoms with van der Waals surface area (Å²) in [7, 11) is 0. The first-order valence-electron chi connectivity index (χ1n) is 6.19. The molecule has 6 heteroatoms. The second kappa shape index (κ2) is 5.69. The highest BCUT2D eigenvalue weighted by Crippen LogP contribution is 2.16. The van der Waals surface area contributed by atoms with Crippen molar-refractivity contribution in [2.75, 3.05) is 6.54 Å². The zero-order valence-electron chi connectivity index (χ0n) is 10.9. The van der Waals surface area contributed by atoms with Gasteiger partial charge in [0.1, 0.15) is 5.82 Å². The molecule has 0 radical (unpaired) electrons. The number of nitrogens with one attached hydrogen (secondary N) is 3. The van der Waals surface area contributed by atoms with E-state index in [1.165, 1.54) is 12.1 Å². The van der Waals surface area contributed by atoms with E-state index < -0.39 is 6.17 Å². The number of hydrogen-bond donors (Lipinski definition) is 3. The predicted octanol–water partition coefficient (Wildman–Crippen LogP) is 1.74. The second-order valence-corrected chi connectivity index (χ2v) is 4.81. The summed E-state index contributed by atoms with van der Waals surface area (Å²) in [6.07, 6.45) is -0.496. The lowest BCUT2D eigenvalue weighted by Crippen LogP contribution is -2.51. The zero-order chi connectivity index (χ0) is 13.8. The van der Waals surface area contributed by atoms with Crippen LogP contribution in [0.15, 0.2) is 29.3 Å². The third kappa shape index (κ3) is 3.67. The highest BCUT2D eigenvalue weighted by atomic mass is 19.1. The number of guanidine groups is 1. The Balaban J connectivity index is 2.13. The number of nitrogens with zero attached hydrogens (tertiary/aromatic N) is 1. The molecule has 0 bridgehead atoms. The molecule has 0 saturated carbocycles. The van der Waals surface area contributed by atoms with E-state index in [1.807, 2.05) is 0 Å². The van der Waals surface area contributed by atoms with E-state index in [-0.39, 0.29) is 11.8 Å². The van der Waals surface area contributed by atoms with Gasteiger partial charge < -0.3 is 10.6 Å². The van der Waals surface area contributed by atoms with Gasteiger partial charge in [-0.1, -0.05) is 26.0 Å². The quantitative estimate of drug-likeness (QED) is 0.778. The third-order valence-electron chi connectivity index (χ3n) is 2.62. The molecule has 0 aliphatic carbocycles. The van der Waals surface area contributed by atoms with Gasteiger partial charge in [0.2, 0.25) is 5.96 Å². The Hall–Kier alpha value is -2.11. The maximum absolute atomic E-state index is 12.9. The van der Waals surface area contributed by atoms with Crippen LogP contribution in [0.2, 0.25) is 0 Å². The number of carbonyl (C=O) groups excluding carboxylic acids is 1. The van der Waals surface area contributed by atoms with Crippen LogP contribution in [0, 0.1) is 11.7 Å². The number of halogens is 1. The third-order valence-corrected chi connectivity index (χ3v) is 2.62. The van der Waals surface area contributed by atoms with Crippen molar-refractivity contribution in [2.45, 2.75) is 20.0 Å². The van der Waals surface area contributed by atoms with Crippen LogP contribution >= 0.6 is 0 Å². The Morgan fingerprint density at radius 3 is 2.68 bits per heavy atom. The van der Waals surface area contributed by atoms with Gasteiger partial charge in [0.15, 0.2) is 6.17 Å². The van der Waals surface area contributed by atoms with Crippen LogP contribution in [0.5, 0.6) is 0 Å². The summed E-state index contributed by atoms with van der Waals surface area (Å²) in [5.74, 6) is 0.566. The maximum Gasteiger partial charge on any atom is 0.323 e. The van der Waals surface area contributed by atoms with Crippen molar-refractivity contribution in [2.24, 2.45) is 10.9 Å². The van der Waals surface area contributed by atoms with Crippen molar-refractivity contribution < 1.29 is 9.18 Å². The first kappa shape index (κ1) is 13.3. The molecule has 1 heterocycles. The highest BCUT2D eigenvalue weighted by molar-refractivity contribution is 5.98. The van der Waals surface area contributed by atoms with Gasteiger partial charge in [0.05, 0.1) is 0 Å². The van der Waals surface area contributed by atoms with Crippen molar-refractivity contribution in [1.29, 1.82) is 0 Å². The van der Waals surface area contributed by atoms with Gasteiger partial charge in [0, 0.05) is 6.54 Å². The van der Waals surface area contributed by atoms with E-state index in [1.54, 1.807) is 12.1 Å². The van der Waals surface area contributed by atoms with Crippen LogP contribution < -0.4 is 16.0 Å². The standard InChI is InChI=1S/C13H17FN4O/c1-8(2)7-15-12-16-11(17-13(19)18-12)9-3-5-10(14)6-4-9/h3-6,8,11H,7H2,1-2H3,(H3,15,16,17,18,19). The molecule has 0 spiro atoms. The average Bonchev–Trinajstić information content (AvgIpc) is 2.36. The number of amides is 2. The largest absolute Gasteiger partial charge is 0.356 e. The van der Waals surface area contributed by atoms with E-state index >= 15 is 0 Å². The Morgan fingerprint density at radius 1 is 1.37 bits per heavy atom. The van der Waals surface area contributed by atoms with E-state index in [0.29, 0.717) is 11.9 Å². The van der Waals surface area contributed by atoms with E-state index in [0.717, 1.165) is 12.1 Å². The van der Waals surface area contributed by atoms with Crippen LogP contribution in [0.25, 0.3) is 0 Å². The van der Waals surface area contributed by atoms with Crippen LogP contribution in [0.1, 0.15) is 25.6 Å². The summed E-state index contributed by atoms with van der Waals surface area (Å²) in [6.45, 7) is 4.84. The Morgan fingerprint density at radius 2 is 2.05 bits per heavy atom. The molecule has 1 unspecified atom stereocenters. The number of benzene rings is 1. The zero-order valence-corrected chi connectivity index (χ0v) is 10.9. The lowest BCUT2D eigenvalue weighted by Gasteiger charge is -2.24. The summed E-state index contributed by atoms with van der Waals surface area (Å²) in [4.78, 5) is 15.9. The van der Waals surface area contributed by atoms with Crippen molar-refractivity contribution in [3.63, 3.8) is 0 Å². The van der Waals surface area contributed by atoms with Gasteiger partial charge in [-0.25, -0.2) is 14.2 Å². The van der Waals surface area contributed by atoms with Crippen molar-refractivity contribution in [3.05, 3.63) is 35.6 Å². The molecule has 102 valence electrons. The smallest absolute Gasteiger partial charge is 0.323 e. The Labute approximate surface area is 111 Å². The van der Waals surface area contributed by atoms with Crippen molar-refractivity contribution in [1.82, 2.24) is 16.0 Å². The normalized spacial score (nSPS) is 18.6. The fourth-order valence-corrected chi connectivity index (χ4v) is 1.66. The fourth-order valence-electron chi connectivity index (χ4n) is 1.66. The predicted molar refractivity (Wildman–Crippen MR) is 71.1 cm³/mol. The molecule has 0 saturated heterocycles. The molecule has 0 fully saturated rings. The molecule has 2 amide bonds. The topological polar surface area (TPSA) is 65.5 Å². The monoisotopic (exact) mass is 264 g/mol. The summed E-state index contributed by atoms with van der Waals surface area (Å²) < 4.78 is 12.9. The molecule has 19 heavy (non-hydrogen) atoms. The molecule has 1 aromatic rings. The molecule has 1 aliphatic heterocycles. The molecular weight excluding hydrogens is 247 g/mol. The maximum atomic E-state index is 12.9. The van der Waals surface area contributed by atoms with Gasteiger partial charge in [-0.05, 0) is 23.6 Å². The van der Waals surface area contributed by atoms with Crippen LogP contribution in [-0.2, 0) is 0 Å². The van der Waals surface area contributed by atoms with E-state index in [2.05, 4.69) is 34.8 Å². The van der Waals surface area contributed by atoms with E-state index in [9.17, 15) is 9.18 Å². The molecule has 1 aliphatic rings. The van der Waals surface area contributed by atoms with Crippen molar-refractivity contribution in [3.8, 4) is 0 Å². The number of aliphatic imine (C=N–C) groups is 1. The Kier molecular flexibility index (Phi) is 3.99. The molecular formula is C13H17FN4O. The molecule has 2 rings (SSSR count). The lowest BCUT2D eigenvalue weighted by atomic mass is 10.1. The Bertz CT molecular complexity index is 484. The first-order valence-corrected chi connectivity index (χ1v) is 6.19. The van der Waals surface area contributed by atoms with Gasteiger partial charge in [-0.3, -0.25) is 5.32 Å². The number of rotatable bonds is 3. The molecule has 1 aromatic carbocycles. The SMILES string of the molecule is CC(C)CNC1=NC(c2ccc(F)cc2)NC(=O)N1. The number of urea groups is 1. The minimum Gasteiger partial charge on any atom is -0.356 e. The highest BCUT2D eigenvalue weighted by Gasteiger charge is 2.20. The first-order chi connectivity index (χ1) is 9.04. The van der Waals surface area contributed by atoms with Gasteiger partial charge in [-0.15, -0.1) is 0 Å². The van der Waals surface area contributed by atoms with Crippen molar-refractivity contribution >= 4 is 12.0 Å². The van der Waals surface area contributed by atoms with Crippen LogP contribution in [-0.4, -0.2) is 18.5 Å². The summed E-state index contributed by atoms with van der Waals surface area (Å²) >= 11 is 0. The number of carbonyl (C=O) groups is 1. The number of hydrogen-bond acceptors (Lipinski definition) is 3. The molecule has 5 nitrogen and oxygen atoms in total.